The highest BCUT2D eigenvalue weighted by Crippen LogP contribution is 2.28. The molecule has 0 aromatic heterocycles. The van der Waals surface area contributed by atoms with E-state index in [1.807, 2.05) is 0 Å². The van der Waals surface area contributed by atoms with Gasteiger partial charge in [0.2, 0.25) is 5.54 Å². The van der Waals surface area contributed by atoms with E-state index in [-0.39, 0.29) is 24.7 Å². The molecule has 3 N–H and O–H groups in total. The van der Waals surface area contributed by atoms with Crippen LogP contribution >= 0.6 is 0 Å². The second-order valence-electron chi connectivity index (χ2n) is 8.78. The Labute approximate surface area is 216 Å². The van der Waals surface area contributed by atoms with Crippen LogP contribution in [0.1, 0.15) is 32.6 Å². The molecule has 2 heterocycles. The summed E-state index contributed by atoms with van der Waals surface area (Å²) in [7, 11) is 1.51. The number of methoxy groups -OCH3 is 1. The van der Waals surface area contributed by atoms with E-state index < -0.39 is 23.3 Å². The van der Waals surface area contributed by atoms with Gasteiger partial charge in [0.05, 0.1) is 13.7 Å². The van der Waals surface area contributed by atoms with Crippen molar-refractivity contribution in [3.63, 3.8) is 0 Å². The Morgan fingerprint density at radius 3 is 2.37 bits per heavy atom. The van der Waals surface area contributed by atoms with Gasteiger partial charge in [-0.25, -0.2) is 9.18 Å². The molecule has 190 valence electrons. The van der Waals surface area contributed by atoms with Crippen molar-refractivity contribution in [2.24, 2.45) is 5.16 Å². The van der Waals surface area contributed by atoms with E-state index in [4.69, 9.17) is 4.74 Å². The van der Waals surface area contributed by atoms with Gasteiger partial charge in [0.1, 0.15) is 17.3 Å². The van der Waals surface area contributed by atoms with Gasteiger partial charge in [-0.15, -0.1) is 0 Å². The SMILES string of the molecule is COc1ccc2c(c1)C(=O)N(C[C@@]1(C#Cc3ccc(C(=NO)c4ccc(F)cc4)cc3)NC(=O)NC1=O)C2. The number of imide groups is 1. The number of hydrogen-bond acceptors (Lipinski definition) is 6. The first-order valence-corrected chi connectivity index (χ1v) is 11.5. The molecule has 9 nitrogen and oxygen atoms in total. The number of rotatable bonds is 5. The van der Waals surface area contributed by atoms with Gasteiger partial charge in [-0.05, 0) is 54.1 Å². The van der Waals surface area contributed by atoms with E-state index in [0.29, 0.717) is 28.0 Å². The van der Waals surface area contributed by atoms with Crippen molar-refractivity contribution < 1.29 is 28.7 Å². The third-order valence-electron chi connectivity index (χ3n) is 6.36. The molecule has 2 aliphatic heterocycles. The van der Waals surface area contributed by atoms with Gasteiger partial charge >= 0.3 is 6.03 Å². The summed E-state index contributed by atoms with van der Waals surface area (Å²) in [6, 6.07) is 16.6. The maximum absolute atomic E-state index is 13.3. The number of ether oxygens (including phenoxy) is 1. The van der Waals surface area contributed by atoms with Gasteiger partial charge < -0.3 is 20.2 Å². The van der Waals surface area contributed by atoms with E-state index in [0.717, 1.165) is 5.56 Å². The lowest BCUT2D eigenvalue weighted by molar-refractivity contribution is -0.122. The predicted octanol–water partition coefficient (Wildman–Crippen LogP) is 2.65. The summed E-state index contributed by atoms with van der Waals surface area (Å²) in [5, 5.41) is 17.6. The van der Waals surface area contributed by atoms with Gasteiger partial charge in [0.15, 0.2) is 0 Å². The molecule has 0 bridgehead atoms. The molecule has 3 aromatic carbocycles. The van der Waals surface area contributed by atoms with Crippen LogP contribution in [0, 0.1) is 17.7 Å². The summed E-state index contributed by atoms with van der Waals surface area (Å²) in [5.74, 6) is 4.94. The number of nitrogens with one attached hydrogen (secondary N) is 2. The van der Waals surface area contributed by atoms with Crippen molar-refractivity contribution in [3.05, 3.63) is 100 Å². The monoisotopic (exact) mass is 512 g/mol. The Morgan fingerprint density at radius 2 is 1.76 bits per heavy atom. The normalized spacial score (nSPS) is 18.4. The Morgan fingerprint density at radius 1 is 1.08 bits per heavy atom. The number of oxime groups is 1. The second-order valence-corrected chi connectivity index (χ2v) is 8.78. The van der Waals surface area contributed by atoms with Crippen LogP contribution in [0.15, 0.2) is 71.9 Å². The average molecular weight is 512 g/mol. The molecular formula is C28H21FN4O5. The van der Waals surface area contributed by atoms with E-state index in [1.54, 1.807) is 42.5 Å². The van der Waals surface area contributed by atoms with E-state index in [1.165, 1.54) is 36.3 Å². The number of nitrogens with zero attached hydrogens (tertiary/aromatic N) is 2. The zero-order valence-corrected chi connectivity index (χ0v) is 20.1. The zero-order valence-electron chi connectivity index (χ0n) is 20.1. The molecule has 1 atom stereocenters. The highest BCUT2D eigenvalue weighted by molar-refractivity contribution is 6.12. The summed E-state index contributed by atoms with van der Waals surface area (Å²) in [6.45, 7) is 0.101. The quantitative estimate of drug-likeness (QED) is 0.160. The maximum Gasteiger partial charge on any atom is 0.323 e. The number of halogens is 1. The van der Waals surface area contributed by atoms with Crippen LogP contribution in [0.2, 0.25) is 0 Å². The molecule has 1 saturated heterocycles. The number of hydrogen-bond donors (Lipinski definition) is 3. The number of carbonyl (C=O) groups excluding carboxylic acids is 3. The summed E-state index contributed by atoms with van der Waals surface area (Å²) in [6.07, 6.45) is 0. The molecule has 10 heteroatoms. The molecule has 0 aliphatic carbocycles. The zero-order chi connectivity index (χ0) is 26.9. The fraction of sp³-hybridized carbons (Fsp3) is 0.143. The molecule has 0 unspecified atom stereocenters. The highest BCUT2D eigenvalue weighted by atomic mass is 19.1. The van der Waals surface area contributed by atoms with Crippen LogP contribution in [0.3, 0.4) is 0 Å². The van der Waals surface area contributed by atoms with Crippen LogP contribution in [0.4, 0.5) is 9.18 Å². The minimum atomic E-state index is -1.65. The highest BCUT2D eigenvalue weighted by Gasteiger charge is 2.48. The Balaban J connectivity index is 1.40. The summed E-state index contributed by atoms with van der Waals surface area (Å²) >= 11 is 0. The first-order chi connectivity index (χ1) is 18.3. The largest absolute Gasteiger partial charge is 0.497 e. The fourth-order valence-electron chi connectivity index (χ4n) is 4.39. The Kier molecular flexibility index (Phi) is 6.26. The topological polar surface area (TPSA) is 120 Å². The Hall–Kier alpha value is -5.17. The third kappa shape index (κ3) is 4.53. The number of carbonyl (C=O) groups is 3. The van der Waals surface area contributed by atoms with Crippen LogP contribution in [-0.4, -0.2) is 52.9 Å². The fourth-order valence-corrected chi connectivity index (χ4v) is 4.39. The van der Waals surface area contributed by atoms with Crippen LogP contribution < -0.4 is 15.4 Å². The lowest BCUT2D eigenvalue weighted by Crippen LogP contribution is -2.54. The van der Waals surface area contributed by atoms with Gasteiger partial charge in [-0.2, -0.15) is 0 Å². The molecular weight excluding hydrogens is 491 g/mol. The van der Waals surface area contributed by atoms with Crippen molar-refractivity contribution >= 4 is 23.6 Å². The molecule has 3 aromatic rings. The van der Waals surface area contributed by atoms with E-state index in [9.17, 15) is 24.0 Å². The van der Waals surface area contributed by atoms with Crippen molar-refractivity contribution in [1.82, 2.24) is 15.5 Å². The van der Waals surface area contributed by atoms with Crippen molar-refractivity contribution in [1.29, 1.82) is 0 Å². The van der Waals surface area contributed by atoms with E-state index in [2.05, 4.69) is 27.6 Å². The predicted molar refractivity (Wildman–Crippen MR) is 134 cm³/mol. The summed E-state index contributed by atoms with van der Waals surface area (Å²) in [5.41, 5.74) is 1.43. The standard InChI is InChI=1S/C28H21FN4O5/c1-38-22-11-8-20-15-33(25(34)23(20)14-22)16-28(26(35)30-27(36)31-28)13-12-17-2-4-18(5-3-17)24(32-37)19-6-9-21(29)10-7-19/h2-11,14,37H,15-16H2,1H3,(H2,30,31,35,36)/t28-/m1/s1. The van der Waals surface area contributed by atoms with Gasteiger partial charge in [0, 0.05) is 28.8 Å². The molecule has 38 heavy (non-hydrogen) atoms. The molecule has 5 rings (SSSR count). The van der Waals surface area contributed by atoms with Crippen molar-refractivity contribution in [3.8, 4) is 17.6 Å². The second kappa shape index (κ2) is 9.71. The van der Waals surface area contributed by atoms with Crippen LogP contribution in [0.25, 0.3) is 0 Å². The lowest BCUT2D eigenvalue weighted by Gasteiger charge is -2.26. The van der Waals surface area contributed by atoms with Gasteiger partial charge in [0.25, 0.3) is 11.8 Å². The molecule has 0 spiro atoms. The van der Waals surface area contributed by atoms with Gasteiger partial charge in [-0.3, -0.25) is 14.9 Å². The van der Waals surface area contributed by atoms with Crippen molar-refractivity contribution in [2.45, 2.75) is 12.1 Å². The summed E-state index contributed by atoms with van der Waals surface area (Å²) in [4.78, 5) is 39.4. The lowest BCUT2D eigenvalue weighted by atomic mass is 9.98. The number of benzene rings is 3. The smallest absolute Gasteiger partial charge is 0.323 e. The number of fused-ring (bicyclic) bond motifs is 1. The minimum Gasteiger partial charge on any atom is -0.497 e. The molecule has 0 radical (unpaired) electrons. The molecule has 0 saturated carbocycles. The number of urea groups is 1. The van der Waals surface area contributed by atoms with E-state index >= 15 is 0 Å². The first kappa shape index (κ1) is 24.5. The summed E-state index contributed by atoms with van der Waals surface area (Å²) < 4.78 is 18.5. The van der Waals surface area contributed by atoms with Crippen LogP contribution in [-0.2, 0) is 11.3 Å². The third-order valence-corrected chi connectivity index (χ3v) is 6.36. The first-order valence-electron chi connectivity index (χ1n) is 11.5. The Bertz CT molecular complexity index is 1540. The maximum atomic E-state index is 13.3. The van der Waals surface area contributed by atoms with Crippen molar-refractivity contribution in [2.75, 3.05) is 13.7 Å². The molecule has 4 amide bonds. The molecule has 1 fully saturated rings. The number of amides is 4. The molecule has 2 aliphatic rings. The van der Waals surface area contributed by atoms with Crippen LogP contribution in [0.5, 0.6) is 5.75 Å². The average Bonchev–Trinajstić information content (AvgIpc) is 3.38. The minimum absolute atomic E-state index is 0.155. The van der Waals surface area contributed by atoms with Gasteiger partial charge in [-0.1, -0.05) is 35.2 Å².